The summed E-state index contributed by atoms with van der Waals surface area (Å²) in [5, 5.41) is 64.0. The molecule has 5 rings (SSSR count). The van der Waals surface area contributed by atoms with Gasteiger partial charge in [0.25, 0.3) is 5.91 Å². The van der Waals surface area contributed by atoms with E-state index in [1.807, 2.05) is 54.8 Å². The molecule has 0 unspecified atom stereocenters. The Morgan fingerprint density at radius 1 is 0.849 bits per heavy atom. The summed E-state index contributed by atoms with van der Waals surface area (Å²) in [7, 11) is 0. The molecule has 4 aromatic rings. The quantitative estimate of drug-likeness (QED) is 0.0931. The van der Waals surface area contributed by atoms with Crippen molar-refractivity contribution in [3.05, 3.63) is 102 Å². The van der Waals surface area contributed by atoms with Crippen LogP contribution in [0.15, 0.2) is 84.9 Å². The number of rotatable bonds is 14. The molecule has 1 aliphatic heterocycles. The summed E-state index contributed by atoms with van der Waals surface area (Å²) in [6.07, 6.45) is -13.4. The average Bonchev–Trinajstić information content (AvgIpc) is 3.47. The highest BCUT2D eigenvalue weighted by atomic mass is 19.1. The molecule has 14 heteroatoms. The number of carboxylic acid groups (broad SMARTS) is 1. The number of nitrogens with one attached hydrogen (secondary N) is 1. The van der Waals surface area contributed by atoms with Gasteiger partial charge in [-0.25, -0.2) is 9.18 Å². The highest BCUT2D eigenvalue weighted by Gasteiger charge is 2.48. The van der Waals surface area contributed by atoms with Gasteiger partial charge < -0.3 is 50.0 Å². The van der Waals surface area contributed by atoms with Crippen molar-refractivity contribution in [1.82, 2.24) is 4.57 Å². The predicted octanol–water partition coefficient (Wildman–Crippen LogP) is 3.66. The molecule has 1 amide bonds. The number of para-hydroxylation sites is 1. The highest BCUT2D eigenvalue weighted by Crippen LogP contribution is 2.42. The van der Waals surface area contributed by atoms with Gasteiger partial charge in [0.15, 0.2) is 6.10 Å². The van der Waals surface area contributed by atoms with Gasteiger partial charge in [0.05, 0.1) is 29.9 Å². The Morgan fingerprint density at radius 2 is 1.47 bits per heavy atom. The molecule has 53 heavy (non-hydrogen) atoms. The molecule has 13 nitrogen and oxygen atoms in total. The molecule has 1 saturated heterocycles. The summed E-state index contributed by atoms with van der Waals surface area (Å²) in [5.41, 5.74) is 4.24. The second-order valence-electron chi connectivity index (χ2n) is 13.2. The number of aromatic nitrogens is 1. The lowest BCUT2D eigenvalue weighted by Gasteiger charge is -2.38. The fraction of sp³-hybridized carbons (Fsp3) is 0.359. The number of carbonyl (C=O) groups is 3. The van der Waals surface area contributed by atoms with E-state index in [9.17, 15) is 49.4 Å². The molecule has 282 valence electrons. The van der Waals surface area contributed by atoms with Crippen molar-refractivity contribution >= 4 is 23.5 Å². The van der Waals surface area contributed by atoms with Crippen LogP contribution in [-0.4, -0.2) is 96.0 Å². The van der Waals surface area contributed by atoms with Crippen molar-refractivity contribution in [1.29, 1.82) is 0 Å². The number of aliphatic hydroxyl groups excluding tert-OH is 5. The number of carbonyl (C=O) groups excluding carboxylic acids is 2. The minimum Gasteiger partial charge on any atom is -0.479 e. The molecule has 0 aliphatic carbocycles. The molecule has 7 N–H and O–H groups in total. The number of aliphatic carboxylic acids is 1. The van der Waals surface area contributed by atoms with Gasteiger partial charge in [0.2, 0.25) is 6.29 Å². The summed E-state index contributed by atoms with van der Waals surface area (Å²) in [6.45, 7) is 4.02. The Labute approximate surface area is 304 Å². The summed E-state index contributed by atoms with van der Waals surface area (Å²) in [6, 6.07) is 24.2. The zero-order chi connectivity index (χ0) is 38.4. The maximum atomic E-state index is 14.2. The first kappa shape index (κ1) is 39.3. The standard InChI is InChI=1S/C39H43FN2O11/c1-21(2)31-30(37(49)41-25-11-7-4-8-12-25)29(22-9-5-3-6-10-22)32(23-13-15-24(40)16-14-23)42(31)18-17-26(43)19-27(44)20-28(45)52-39-35(48)33(46)34(47)36(53-39)38(50)51/h3-16,21,26-27,33-36,39,43-44,46-48H,17-20H2,1-2H3,(H,41,49)(H,50,51)/t26-,27-,33-,34-,35-,36+,39+/m1/s1. The first-order chi connectivity index (χ1) is 25.3. The minimum absolute atomic E-state index is 0.0531. The van der Waals surface area contributed by atoms with Gasteiger partial charge >= 0.3 is 11.9 Å². The molecule has 1 aromatic heterocycles. The normalized spacial score (nSPS) is 21.2. The van der Waals surface area contributed by atoms with E-state index in [2.05, 4.69) is 5.32 Å². The topological polar surface area (TPSA) is 208 Å². The minimum atomic E-state index is -1.98. The lowest BCUT2D eigenvalue weighted by atomic mass is 9.94. The molecule has 0 saturated carbocycles. The van der Waals surface area contributed by atoms with Crippen molar-refractivity contribution in [2.75, 3.05) is 5.32 Å². The molecule has 0 spiro atoms. The van der Waals surface area contributed by atoms with E-state index >= 15 is 0 Å². The van der Waals surface area contributed by atoms with Crippen LogP contribution < -0.4 is 5.32 Å². The van der Waals surface area contributed by atoms with Gasteiger partial charge in [0, 0.05) is 23.5 Å². The molecule has 1 aliphatic rings. The molecule has 3 aromatic carbocycles. The highest BCUT2D eigenvalue weighted by molar-refractivity contribution is 6.12. The number of hydrogen-bond donors (Lipinski definition) is 7. The number of anilines is 1. The first-order valence-corrected chi connectivity index (χ1v) is 17.2. The number of nitrogens with zero attached hydrogens (tertiary/aromatic N) is 1. The maximum Gasteiger partial charge on any atom is 0.335 e. The van der Waals surface area contributed by atoms with Crippen LogP contribution >= 0.6 is 0 Å². The summed E-state index contributed by atoms with van der Waals surface area (Å²) < 4.78 is 26.0. The number of carboxylic acids is 1. The van der Waals surface area contributed by atoms with E-state index in [0.29, 0.717) is 33.8 Å². The molecular weight excluding hydrogens is 691 g/mol. The van der Waals surface area contributed by atoms with Crippen molar-refractivity contribution in [2.24, 2.45) is 0 Å². The van der Waals surface area contributed by atoms with Crippen LogP contribution in [0.25, 0.3) is 22.4 Å². The molecular formula is C39H43FN2O11. The number of amides is 1. The van der Waals surface area contributed by atoms with Crippen LogP contribution in [0, 0.1) is 5.82 Å². The lowest BCUT2D eigenvalue weighted by molar-refractivity contribution is -0.286. The third-order valence-electron chi connectivity index (χ3n) is 8.98. The molecule has 1 fully saturated rings. The van der Waals surface area contributed by atoms with E-state index in [1.165, 1.54) is 12.1 Å². The average molecular weight is 735 g/mol. The van der Waals surface area contributed by atoms with Crippen LogP contribution in [-0.2, 0) is 25.6 Å². The number of benzene rings is 3. The van der Waals surface area contributed by atoms with Crippen LogP contribution in [0.2, 0.25) is 0 Å². The van der Waals surface area contributed by atoms with Gasteiger partial charge in [-0.1, -0.05) is 62.4 Å². The number of aliphatic hydroxyl groups is 5. The molecule has 0 bridgehead atoms. The zero-order valence-electron chi connectivity index (χ0n) is 29.1. The van der Waals surface area contributed by atoms with E-state index in [1.54, 1.807) is 36.4 Å². The van der Waals surface area contributed by atoms with E-state index in [-0.39, 0.29) is 31.2 Å². The van der Waals surface area contributed by atoms with E-state index in [4.69, 9.17) is 9.47 Å². The van der Waals surface area contributed by atoms with Crippen LogP contribution in [0.1, 0.15) is 55.1 Å². The van der Waals surface area contributed by atoms with Crippen LogP contribution in [0.3, 0.4) is 0 Å². The lowest BCUT2D eigenvalue weighted by Crippen LogP contribution is -2.60. The Kier molecular flexibility index (Phi) is 12.8. The fourth-order valence-electron chi connectivity index (χ4n) is 6.52. The first-order valence-electron chi connectivity index (χ1n) is 17.2. The summed E-state index contributed by atoms with van der Waals surface area (Å²) in [4.78, 5) is 38.2. The van der Waals surface area contributed by atoms with Gasteiger partial charge in [-0.2, -0.15) is 0 Å². The van der Waals surface area contributed by atoms with E-state index in [0.717, 1.165) is 5.56 Å². The molecule has 2 heterocycles. The van der Waals surface area contributed by atoms with Gasteiger partial charge in [0.1, 0.15) is 24.1 Å². The second-order valence-corrected chi connectivity index (χ2v) is 13.2. The van der Waals surface area contributed by atoms with Crippen molar-refractivity contribution < 1.29 is 58.9 Å². The molecule has 0 radical (unpaired) electrons. The second kappa shape index (κ2) is 17.2. The van der Waals surface area contributed by atoms with Gasteiger partial charge in [-0.3, -0.25) is 9.59 Å². The predicted molar refractivity (Wildman–Crippen MR) is 190 cm³/mol. The van der Waals surface area contributed by atoms with Crippen molar-refractivity contribution in [3.63, 3.8) is 0 Å². The number of esters is 1. The summed E-state index contributed by atoms with van der Waals surface area (Å²) in [5.74, 6) is -3.78. The van der Waals surface area contributed by atoms with Crippen molar-refractivity contribution in [2.45, 2.75) is 88.5 Å². The zero-order valence-corrected chi connectivity index (χ0v) is 29.1. The summed E-state index contributed by atoms with van der Waals surface area (Å²) >= 11 is 0. The monoisotopic (exact) mass is 734 g/mol. The number of halogens is 1. The Hall–Kier alpha value is -4.96. The maximum absolute atomic E-state index is 14.2. The van der Waals surface area contributed by atoms with Crippen molar-refractivity contribution in [3.8, 4) is 22.4 Å². The third-order valence-corrected chi connectivity index (χ3v) is 8.98. The molecule has 7 atom stereocenters. The Balaban J connectivity index is 1.41. The Morgan fingerprint density at radius 3 is 2.08 bits per heavy atom. The number of hydrogen-bond acceptors (Lipinski definition) is 10. The van der Waals surface area contributed by atoms with Crippen LogP contribution in [0.4, 0.5) is 10.1 Å². The van der Waals surface area contributed by atoms with Gasteiger partial charge in [-0.15, -0.1) is 0 Å². The largest absolute Gasteiger partial charge is 0.479 e. The Bertz CT molecular complexity index is 1870. The number of ether oxygens (including phenoxy) is 2. The smallest absolute Gasteiger partial charge is 0.335 e. The third kappa shape index (κ3) is 9.16. The van der Waals surface area contributed by atoms with Gasteiger partial charge in [-0.05, 0) is 66.3 Å². The fourth-order valence-corrected chi connectivity index (χ4v) is 6.52. The van der Waals surface area contributed by atoms with E-state index < -0.39 is 67.1 Å². The SMILES string of the molecule is CC(C)c1c(C(=O)Nc2ccccc2)c(-c2ccccc2)c(-c2ccc(F)cc2)n1CC[C@@H](O)C[C@@H](O)CC(=O)O[C@H]1O[C@H](C(=O)O)[C@H](O)[C@@H](O)[C@H]1O. The van der Waals surface area contributed by atoms with Crippen LogP contribution in [0.5, 0.6) is 0 Å².